The Kier molecular flexibility index (Phi) is 20.2. The zero-order chi connectivity index (χ0) is 34.0. The molecule has 47 heavy (non-hydrogen) atoms. The molecule has 0 atom stereocenters. The molecule has 0 radical (unpaired) electrons. The van der Waals surface area contributed by atoms with Gasteiger partial charge in [-0.2, -0.15) is 0 Å². The number of rotatable bonds is 0. The van der Waals surface area contributed by atoms with E-state index in [-0.39, 0.29) is 18.5 Å². The number of quaternary nitrogens is 3. The monoisotopic (exact) mass is 718 g/mol. The SMILES string of the molecule is N#[C][Fe-3]([C]#N)([C]#N)([C]#N)([C]#N)[C]#N.N#[C][Fe-3]([C]#N)([C]#N)([C]#N)([C]#N)[C]#N.[NH4+].[NH4+].[NH4+].c1cc[nH+]cc1.c1cc[nH+]cc1.c1cc[nH+]cc1. The first-order chi connectivity index (χ1) is 20.9. The number of hydrogen-bond acceptors (Lipinski definition) is 12. The third-order valence-corrected chi connectivity index (χ3v) is 11.6. The first-order valence-electron chi connectivity index (χ1n) is 10.5. The van der Waals surface area contributed by atoms with E-state index < -0.39 is 21.5 Å². The first kappa shape index (κ1) is 49.0. The zero-order valence-corrected chi connectivity index (χ0v) is 27.4. The van der Waals surface area contributed by atoms with Gasteiger partial charge >= 0.3 is 144 Å². The molecule has 3 aromatic rings. The van der Waals surface area contributed by atoms with E-state index in [0.717, 1.165) is 59.6 Å². The van der Waals surface area contributed by atoms with Crippen LogP contribution < -0.4 is 33.4 Å². The minimum Gasteiger partial charge on any atom is -0.369 e. The van der Waals surface area contributed by atoms with Gasteiger partial charge in [0.05, 0.1) is 0 Å². The van der Waals surface area contributed by atoms with Crippen LogP contribution in [0.1, 0.15) is 0 Å². The molecule has 0 fully saturated rings. The topological polar surface area (TPSA) is 437 Å². The second-order valence-corrected chi connectivity index (χ2v) is 18.1. The maximum absolute atomic E-state index is 8.58. The minimum absolute atomic E-state index is 0. The first-order valence-corrected chi connectivity index (χ1v) is 17.2. The van der Waals surface area contributed by atoms with Crippen LogP contribution in [-0.2, 0) is 21.5 Å². The van der Waals surface area contributed by atoms with E-state index in [1.54, 1.807) is 0 Å². The summed E-state index contributed by atoms with van der Waals surface area (Å²) in [6.07, 6.45) is 11.2. The van der Waals surface area contributed by atoms with Crippen molar-refractivity contribution >= 4 is 0 Å². The van der Waals surface area contributed by atoms with Crippen molar-refractivity contribution in [2.24, 2.45) is 0 Å². The second kappa shape index (κ2) is 19.4. The Bertz CT molecular complexity index is 1460. The fraction of sp³-hybridized carbons (Fsp3) is 0. The van der Waals surface area contributed by atoms with Crippen molar-refractivity contribution in [1.29, 1.82) is 63.1 Å². The molecule has 0 saturated carbocycles. The minimum atomic E-state index is -6.17. The summed E-state index contributed by atoms with van der Waals surface area (Å²) in [5.41, 5.74) is 0. The summed E-state index contributed by atoms with van der Waals surface area (Å²) in [4.78, 5) is 21.1. The van der Waals surface area contributed by atoms with Crippen LogP contribution >= 0.6 is 0 Å². The summed E-state index contributed by atoms with van der Waals surface area (Å²) in [5, 5.41) is 103. The van der Waals surface area contributed by atoms with E-state index in [2.05, 4.69) is 15.0 Å². The van der Waals surface area contributed by atoms with Crippen molar-refractivity contribution in [3.8, 4) is 59.6 Å². The predicted octanol–water partition coefficient (Wildman–Crippen LogP) is 2.83. The van der Waals surface area contributed by atoms with Gasteiger partial charge in [-0.3, -0.25) is 0 Å². The summed E-state index contributed by atoms with van der Waals surface area (Å²) >= 11 is 0. The van der Waals surface area contributed by atoms with Gasteiger partial charge in [-0.1, -0.05) is 18.2 Å². The summed E-state index contributed by atoms with van der Waals surface area (Å²) in [5.74, 6) is 0. The van der Waals surface area contributed by atoms with Gasteiger partial charge in [-0.05, 0) is 0 Å². The number of aromatic nitrogens is 3. The summed E-state index contributed by atoms with van der Waals surface area (Å²) in [7, 11) is -12.3. The number of pyridine rings is 3. The molecule has 15 N–H and O–H groups in total. The fourth-order valence-corrected chi connectivity index (χ4v) is 3.21. The van der Waals surface area contributed by atoms with Crippen LogP contribution in [0.3, 0.4) is 0 Å². The molecule has 3 aromatic heterocycles. The van der Waals surface area contributed by atoms with Gasteiger partial charge in [-0.15, -0.1) is 0 Å². The average molecular weight is 718 g/mol. The van der Waals surface area contributed by atoms with Gasteiger partial charge in [-0.25, -0.2) is 15.0 Å². The zero-order valence-electron chi connectivity index (χ0n) is 25.2. The smallest absolute Gasteiger partial charge is 0.166 e. The van der Waals surface area contributed by atoms with E-state index in [4.69, 9.17) is 63.1 Å². The second-order valence-electron chi connectivity index (χ2n) is 6.83. The summed E-state index contributed by atoms with van der Waals surface area (Å²) < 4.78 is 0. The van der Waals surface area contributed by atoms with Crippen LogP contribution in [0.15, 0.2) is 91.8 Å². The van der Waals surface area contributed by atoms with Crippen LogP contribution in [0.25, 0.3) is 0 Å². The Morgan fingerprint density at radius 3 is 0.404 bits per heavy atom. The van der Waals surface area contributed by atoms with Gasteiger partial charge in [0.2, 0.25) is 0 Å². The van der Waals surface area contributed by atoms with E-state index in [0.29, 0.717) is 0 Å². The molecule has 3 heterocycles. The Morgan fingerprint density at radius 2 is 0.383 bits per heavy atom. The van der Waals surface area contributed by atoms with E-state index in [1.165, 1.54) is 0 Å². The standard InChI is InChI=1S/3C5H5N.12CN.2Fe.3H3N/c3*1-2-4-6-5-3-1;12*1-2;;;;;/h3*1-5H;;;;;;;;;;;;;;;3*1H3/q;;;;;;;;;;;;;;;2*-3;;;/p+6. The molecule has 0 aliphatic rings. The van der Waals surface area contributed by atoms with Gasteiger partial charge in [0.1, 0.15) is 0 Å². The fourth-order valence-electron chi connectivity index (χ4n) is 1.56. The maximum atomic E-state index is 8.58. The van der Waals surface area contributed by atoms with Crippen LogP contribution in [0.2, 0.25) is 0 Å². The van der Waals surface area contributed by atoms with Crippen molar-refractivity contribution in [2.45, 2.75) is 0 Å². The molecule has 244 valence electrons. The molecule has 0 aromatic carbocycles. The largest absolute Gasteiger partial charge is 0.369 e. The number of hydrogen-bond donors (Lipinski definition) is 3. The third-order valence-electron chi connectivity index (χ3n) is 4.19. The molecule has 0 aliphatic carbocycles. The molecule has 0 bridgehead atoms. The van der Waals surface area contributed by atoms with Gasteiger partial charge in [0, 0.05) is 36.4 Å². The number of H-pyrrole nitrogens is 3. The molecule has 0 amide bonds. The van der Waals surface area contributed by atoms with Crippen molar-refractivity contribution in [3.63, 3.8) is 0 Å². The van der Waals surface area contributed by atoms with Crippen LogP contribution in [0.4, 0.5) is 0 Å². The molecule has 0 unspecified atom stereocenters. The van der Waals surface area contributed by atoms with Crippen LogP contribution in [0.5, 0.6) is 0 Å². The Hall–Kier alpha value is -7.75. The molecule has 20 heteroatoms. The third kappa shape index (κ3) is 10.2. The number of nitrogens with zero attached hydrogens (tertiary/aromatic N) is 12. The number of nitriles is 12. The molecule has 18 nitrogen and oxygen atoms in total. The normalized spacial score (nSPS) is 10.5. The van der Waals surface area contributed by atoms with Gasteiger partial charge in [0.15, 0.2) is 37.2 Å². The van der Waals surface area contributed by atoms with Gasteiger partial charge in [0.25, 0.3) is 0 Å². The molecule has 0 saturated heterocycles. The average Bonchev–Trinajstić information content (AvgIpc) is 3.16. The molecule has 0 aliphatic heterocycles. The Balaban J connectivity index is -0.000000160. The van der Waals surface area contributed by atoms with Crippen molar-refractivity contribution in [1.82, 2.24) is 18.5 Å². The Morgan fingerprint density at radius 1 is 0.255 bits per heavy atom. The molecular formula is C27H30Fe2N18. The molecule has 3 rings (SSSR count). The van der Waals surface area contributed by atoms with E-state index in [9.17, 15) is 0 Å². The van der Waals surface area contributed by atoms with Crippen LogP contribution in [0, 0.1) is 123 Å². The maximum Gasteiger partial charge on any atom is 0.166 e. The predicted molar refractivity (Wildman–Crippen MR) is 154 cm³/mol. The number of nitrogens with one attached hydrogen (secondary N) is 3. The molecular weight excluding hydrogens is 688 g/mol. The quantitative estimate of drug-likeness (QED) is 0.282. The molecule has 0 spiro atoms. The van der Waals surface area contributed by atoms with Crippen molar-refractivity contribution in [2.75, 3.05) is 0 Å². The van der Waals surface area contributed by atoms with Crippen molar-refractivity contribution < 1.29 is 36.4 Å². The van der Waals surface area contributed by atoms with E-state index >= 15 is 0 Å². The van der Waals surface area contributed by atoms with Gasteiger partial charge < -0.3 is 18.5 Å². The summed E-state index contributed by atoms with van der Waals surface area (Å²) in [6.45, 7) is 0. The Labute approximate surface area is 268 Å². The van der Waals surface area contributed by atoms with Crippen LogP contribution in [-0.4, -0.2) is 0 Å². The number of aromatic amines is 3. The summed E-state index contributed by atoms with van der Waals surface area (Å²) in [6, 6.07) is 17.6. The van der Waals surface area contributed by atoms with E-state index in [1.807, 2.05) is 91.8 Å². The van der Waals surface area contributed by atoms with Crippen molar-refractivity contribution in [3.05, 3.63) is 91.8 Å².